The lowest BCUT2D eigenvalue weighted by Crippen LogP contribution is -2.59. The molecule has 1 fully saturated rings. The minimum absolute atomic E-state index is 0.0774. The predicted octanol–water partition coefficient (Wildman–Crippen LogP) is 1.82. The van der Waals surface area contributed by atoms with Crippen LogP contribution in [0.1, 0.15) is 183 Å². The number of nitrogens with one attached hydrogen (secondary N) is 11. The van der Waals surface area contributed by atoms with Gasteiger partial charge in [-0.15, -0.1) is 0 Å². The minimum Gasteiger partial charge on any atom is -0.481 e. The van der Waals surface area contributed by atoms with E-state index in [9.17, 15) is 125 Å². The summed E-state index contributed by atoms with van der Waals surface area (Å²) in [6, 6.07) is -1.20. The molecule has 0 aliphatic carbocycles. The number of allylic oxidation sites excluding steroid dienone is 8. The number of para-hydroxylation sites is 1. The number of benzene rings is 2. The third-order valence-electron chi connectivity index (χ3n) is 21.6. The molecule has 0 saturated carbocycles. The molecule has 43 heteroatoms. The Morgan fingerprint density at radius 2 is 1.05 bits per heavy atom. The van der Waals surface area contributed by atoms with Crippen LogP contribution in [-0.4, -0.2) is 279 Å². The molecule has 3 heterocycles. The van der Waals surface area contributed by atoms with Gasteiger partial charge in [0.15, 0.2) is 5.71 Å². The molecular formula is C87H123N14O27S2+. The highest BCUT2D eigenvalue weighted by Gasteiger charge is 2.45. The van der Waals surface area contributed by atoms with Gasteiger partial charge >= 0.3 is 29.8 Å². The number of thioether (sulfide) groups is 1. The molecule has 714 valence electrons. The first-order chi connectivity index (χ1) is 61.2. The lowest BCUT2D eigenvalue weighted by Gasteiger charge is -2.27. The molecule has 41 nitrogen and oxygen atoms in total. The summed E-state index contributed by atoms with van der Waals surface area (Å²) in [6.07, 6.45) is 9.02. The number of hydrogen-bond acceptors (Lipinski definition) is 23. The number of anilines is 1. The summed E-state index contributed by atoms with van der Waals surface area (Å²) in [5, 5.41) is 74.8. The van der Waals surface area contributed by atoms with E-state index in [0.29, 0.717) is 37.1 Å². The van der Waals surface area contributed by atoms with E-state index in [4.69, 9.17) is 4.74 Å². The van der Waals surface area contributed by atoms with Crippen LogP contribution in [0.25, 0.3) is 0 Å². The maximum atomic E-state index is 14.3. The molecular weight excluding hydrogens is 1740 g/mol. The summed E-state index contributed by atoms with van der Waals surface area (Å²) in [5.41, 5.74) is 4.60. The molecule has 1 saturated heterocycles. The first kappa shape index (κ1) is 108. The molecule has 5 rings (SSSR count). The zero-order chi connectivity index (χ0) is 96.9. The van der Waals surface area contributed by atoms with E-state index < -0.39 is 261 Å². The number of Topliss-reactive ketones (excluding diaryl/α,β-unsaturated/α-hetero) is 1. The average molecular weight is 1860 g/mol. The van der Waals surface area contributed by atoms with Gasteiger partial charge < -0.3 is 98.6 Å². The summed E-state index contributed by atoms with van der Waals surface area (Å²) >= 11 is 1.21. The highest BCUT2D eigenvalue weighted by Crippen LogP contribution is 2.49. The second-order valence-electron chi connectivity index (χ2n) is 32.9. The van der Waals surface area contributed by atoms with Crippen LogP contribution in [0.3, 0.4) is 0 Å². The van der Waals surface area contributed by atoms with Gasteiger partial charge in [0.1, 0.15) is 73.3 Å². The van der Waals surface area contributed by atoms with Crippen molar-refractivity contribution in [2.24, 2.45) is 5.92 Å². The maximum absolute atomic E-state index is 14.3. The molecule has 17 N–H and O–H groups in total. The third-order valence-corrected chi connectivity index (χ3v) is 23.1. The topological polar surface area (TPSA) is 614 Å². The van der Waals surface area contributed by atoms with Crippen LogP contribution in [0, 0.1) is 5.92 Å². The number of ether oxygens (including phenoxy) is 1. The highest BCUT2D eigenvalue weighted by atomic mass is 32.2. The van der Waals surface area contributed by atoms with Crippen molar-refractivity contribution in [1.82, 2.24) is 63.4 Å². The zero-order valence-corrected chi connectivity index (χ0v) is 76.3. The van der Waals surface area contributed by atoms with Gasteiger partial charge in [0.2, 0.25) is 76.6 Å². The fourth-order valence-corrected chi connectivity index (χ4v) is 15.9. The van der Waals surface area contributed by atoms with Crippen molar-refractivity contribution in [2.75, 3.05) is 69.4 Å². The Hall–Kier alpha value is -12.3. The first-order valence-corrected chi connectivity index (χ1v) is 45.6. The van der Waals surface area contributed by atoms with Crippen molar-refractivity contribution < 1.29 is 134 Å². The number of carbonyl (C=O) groups is 18. The van der Waals surface area contributed by atoms with Crippen LogP contribution >= 0.6 is 11.8 Å². The Bertz CT molecular complexity index is 4750. The molecule has 12 amide bonds. The lowest BCUT2D eigenvalue weighted by atomic mass is 9.81. The minimum atomic E-state index is -4.59. The zero-order valence-electron chi connectivity index (χ0n) is 74.7. The standard InChI is InChI=1S/C87H122N14O27S2/c1-11-99-64-24-20-19-23-55(64)86(6,7)67(99)26-16-13-12-14-17-27-68-87(8,9)56-46-54(130(125,126)127)29-35-65(56)100(68)42-21-15-18-28-69(103)92-58(31-37-73(108)109)80(119)95-60(33-39-75(112)113)82(121)97-61(34-40-76(114)115)83(122)96-59(32-38-74(110)111)81(120)94-57(30-36-72(106)107)78(117)88-41-44-128-49-71(105)101-43-22-25-66(101)85(124)98-62(45-51(2)3)79(118)90-48-70(104)93-63(50-129-10)84(123)91-53(5)77(116)89-47-52(4)102/h12-14,16-17,19-20,23-24,26-27,29,35,46,51,53,57-63,66H,11,15,18,21-22,25,28,30-34,36-45,47-50H2,1-10H3,(H16-,88,89,90,91,92,93,94,95,96,97,98,103,104,106,107,108,109,110,111,112,113,114,115,116,117,118,119,120,121,122,123,124,125,126,127)/p+1/t53-,57+,58+,59+,60+,61+,62-,63-,66?/m0/s1. The number of unbranched alkanes of at least 4 members (excludes halogenated alkanes) is 2. The van der Waals surface area contributed by atoms with E-state index in [1.54, 1.807) is 26.2 Å². The van der Waals surface area contributed by atoms with Gasteiger partial charge in [0, 0.05) is 98.4 Å². The number of ketones is 1. The summed E-state index contributed by atoms with van der Waals surface area (Å²) in [7, 11) is -4.59. The normalized spacial score (nSPS) is 16.5. The maximum Gasteiger partial charge on any atom is 0.303 e. The van der Waals surface area contributed by atoms with Crippen molar-refractivity contribution >= 4 is 145 Å². The monoisotopic (exact) mass is 1860 g/mol. The van der Waals surface area contributed by atoms with Crippen molar-refractivity contribution in [3.63, 3.8) is 0 Å². The number of fused-ring (bicyclic) bond motifs is 2. The molecule has 2 aromatic carbocycles. The number of likely N-dealkylation sites (tertiary alicyclic amines) is 1. The summed E-state index contributed by atoms with van der Waals surface area (Å²) in [5.74, 6) is -19.1. The fraction of sp³-hybridized carbons (Fsp3) is 0.552. The number of rotatable bonds is 57. The molecule has 0 bridgehead atoms. The Morgan fingerprint density at radius 1 is 0.554 bits per heavy atom. The van der Waals surface area contributed by atoms with E-state index in [1.807, 2.05) is 67.3 Å². The van der Waals surface area contributed by atoms with E-state index in [1.165, 1.54) is 48.2 Å². The molecule has 130 heavy (non-hydrogen) atoms. The van der Waals surface area contributed by atoms with Crippen molar-refractivity contribution in [1.29, 1.82) is 0 Å². The van der Waals surface area contributed by atoms with Crippen molar-refractivity contribution in [3.05, 3.63) is 102 Å². The Morgan fingerprint density at radius 3 is 1.58 bits per heavy atom. The number of carboxylic acid groups (broad SMARTS) is 5. The van der Waals surface area contributed by atoms with Crippen LogP contribution in [-0.2, 0) is 112 Å². The van der Waals surface area contributed by atoms with E-state index in [0.717, 1.165) is 23.6 Å². The quantitative estimate of drug-likeness (QED) is 0.0194. The van der Waals surface area contributed by atoms with Gasteiger partial charge in [0.05, 0.1) is 30.0 Å². The summed E-state index contributed by atoms with van der Waals surface area (Å²) < 4.78 is 42.6. The SMILES string of the molecule is CC[N+]1=C(/C=C/C=C/C=C/C=C2/N(CCCCCC(=O)N[C@H](CCC(=O)O)C(=O)N[C@H](CCC(=O)O)C(=O)N[C@H](CCC(=O)O)C(=O)N[C@H](CCC(=O)O)C(=O)N[C@H](CCC(=O)O)C(=O)NCCOCC(=O)N3CCCC3C(=O)N[C@@H](CC(C)C)C(=O)NCC(=O)N[C@@H](CSC)C(=O)N[C@@H](C)C(=O)NCC(C)=O)c3ccc(S(=O)(=O)O)cc3C2(C)C)C(C)(C)c2ccccc21. The Balaban J connectivity index is 1.20. The van der Waals surface area contributed by atoms with Crippen LogP contribution in [0.15, 0.2) is 95.6 Å². The van der Waals surface area contributed by atoms with Gasteiger partial charge in [-0.2, -0.15) is 24.8 Å². The Kier molecular flexibility index (Phi) is 43.7. The summed E-state index contributed by atoms with van der Waals surface area (Å²) in [6.45, 7) is 15.4. The number of hydrogen-bond donors (Lipinski definition) is 17. The number of carboxylic acids is 5. The molecule has 1 unspecified atom stereocenters. The van der Waals surface area contributed by atoms with Crippen molar-refractivity contribution in [3.8, 4) is 0 Å². The molecule has 0 spiro atoms. The molecule has 3 aliphatic heterocycles. The van der Waals surface area contributed by atoms with Gasteiger partial charge in [-0.25, -0.2) is 0 Å². The van der Waals surface area contributed by atoms with Crippen LogP contribution in [0.5, 0.6) is 0 Å². The van der Waals surface area contributed by atoms with E-state index >= 15 is 0 Å². The van der Waals surface area contributed by atoms with E-state index in [-0.39, 0.29) is 66.5 Å². The van der Waals surface area contributed by atoms with Gasteiger partial charge in [0.25, 0.3) is 10.1 Å². The second kappa shape index (κ2) is 52.4. The molecule has 0 aromatic heterocycles. The van der Waals surface area contributed by atoms with Crippen molar-refractivity contribution in [2.45, 2.75) is 242 Å². The molecule has 2 aromatic rings. The number of carbonyl (C=O) groups excluding carboxylic acids is 13. The second-order valence-corrected chi connectivity index (χ2v) is 35.3. The molecule has 3 aliphatic rings. The number of amides is 12. The molecule has 0 radical (unpaired) electrons. The number of aliphatic carboxylic acids is 5. The van der Waals surface area contributed by atoms with Crippen LogP contribution in [0.4, 0.5) is 11.4 Å². The van der Waals surface area contributed by atoms with Gasteiger partial charge in [-0.05, 0) is 141 Å². The highest BCUT2D eigenvalue weighted by molar-refractivity contribution is 7.98. The fourth-order valence-electron chi connectivity index (χ4n) is 14.8. The predicted molar refractivity (Wildman–Crippen MR) is 474 cm³/mol. The van der Waals surface area contributed by atoms with Gasteiger partial charge in [-0.1, -0.05) is 82.7 Å². The molecule has 9 atom stereocenters. The van der Waals surface area contributed by atoms with Gasteiger partial charge in [-0.3, -0.25) is 90.9 Å². The largest absolute Gasteiger partial charge is 0.481 e. The van der Waals surface area contributed by atoms with Crippen LogP contribution in [0.2, 0.25) is 0 Å². The van der Waals surface area contributed by atoms with Crippen LogP contribution < -0.4 is 63.4 Å². The first-order valence-electron chi connectivity index (χ1n) is 42.8. The van der Waals surface area contributed by atoms with E-state index in [2.05, 4.69) is 102 Å². The Labute approximate surface area is 758 Å². The lowest BCUT2D eigenvalue weighted by molar-refractivity contribution is -0.433. The number of nitrogens with zero attached hydrogens (tertiary/aromatic N) is 3. The smallest absolute Gasteiger partial charge is 0.303 e. The third kappa shape index (κ3) is 34.6. The average Bonchev–Trinajstić information content (AvgIpc) is 1.59. The summed E-state index contributed by atoms with van der Waals surface area (Å²) in [4.78, 5) is 238.